The summed E-state index contributed by atoms with van der Waals surface area (Å²) in [5, 5.41) is 3.17. The summed E-state index contributed by atoms with van der Waals surface area (Å²) in [6, 6.07) is 13.1. The van der Waals surface area contributed by atoms with Gasteiger partial charge in [-0.2, -0.15) is 0 Å². The molecule has 0 amide bonds. The molecule has 0 saturated carbocycles. The van der Waals surface area contributed by atoms with Crippen molar-refractivity contribution in [1.29, 1.82) is 0 Å². The van der Waals surface area contributed by atoms with E-state index in [2.05, 4.69) is 10.0 Å². The Labute approximate surface area is 117 Å². The van der Waals surface area contributed by atoms with E-state index in [4.69, 9.17) is 0 Å². The molecule has 106 valence electrons. The third-order valence-corrected chi connectivity index (χ3v) is 3.20. The van der Waals surface area contributed by atoms with Gasteiger partial charge in [-0.05, 0) is 42.0 Å². The fourth-order valence-corrected chi connectivity index (χ4v) is 2.24. The van der Waals surface area contributed by atoms with Crippen LogP contribution in [0, 0.1) is 5.82 Å². The number of hydrogen-bond acceptors (Lipinski definition) is 3. The van der Waals surface area contributed by atoms with Crippen molar-refractivity contribution in [3.63, 3.8) is 0 Å². The Morgan fingerprint density at radius 2 is 1.50 bits per heavy atom. The highest BCUT2D eigenvalue weighted by molar-refractivity contribution is 7.92. The van der Waals surface area contributed by atoms with Gasteiger partial charge in [0.05, 0.1) is 6.26 Å². The Kier molecular flexibility index (Phi) is 4.24. The van der Waals surface area contributed by atoms with E-state index in [-0.39, 0.29) is 5.82 Å². The Morgan fingerprint density at radius 1 is 0.950 bits per heavy atom. The molecule has 0 atom stereocenters. The van der Waals surface area contributed by atoms with Crippen LogP contribution in [0.1, 0.15) is 5.56 Å². The van der Waals surface area contributed by atoms with E-state index < -0.39 is 10.0 Å². The van der Waals surface area contributed by atoms with Gasteiger partial charge in [0, 0.05) is 17.9 Å². The molecule has 0 spiro atoms. The Balaban J connectivity index is 1.95. The molecule has 0 fully saturated rings. The van der Waals surface area contributed by atoms with E-state index in [1.54, 1.807) is 36.4 Å². The number of sulfonamides is 1. The highest BCUT2D eigenvalue weighted by Crippen LogP contribution is 2.15. The van der Waals surface area contributed by atoms with Crippen molar-refractivity contribution in [2.45, 2.75) is 6.54 Å². The van der Waals surface area contributed by atoms with Crippen LogP contribution in [0.3, 0.4) is 0 Å². The lowest BCUT2D eigenvalue weighted by molar-refractivity contribution is 0.607. The third-order valence-electron chi connectivity index (χ3n) is 2.60. The summed E-state index contributed by atoms with van der Waals surface area (Å²) < 4.78 is 37.3. The molecule has 4 nitrogen and oxygen atoms in total. The quantitative estimate of drug-likeness (QED) is 0.891. The van der Waals surface area contributed by atoms with Crippen LogP contribution in [0.15, 0.2) is 48.5 Å². The van der Waals surface area contributed by atoms with E-state index in [1.165, 1.54) is 12.1 Å². The molecule has 0 aliphatic heterocycles. The average molecular weight is 294 g/mol. The Bertz CT molecular complexity index is 667. The fourth-order valence-electron chi connectivity index (χ4n) is 1.68. The van der Waals surface area contributed by atoms with Crippen LogP contribution >= 0.6 is 0 Å². The van der Waals surface area contributed by atoms with Crippen LogP contribution in [0.25, 0.3) is 0 Å². The second kappa shape index (κ2) is 5.92. The van der Waals surface area contributed by atoms with Gasteiger partial charge < -0.3 is 5.32 Å². The molecule has 2 rings (SSSR count). The van der Waals surface area contributed by atoms with Gasteiger partial charge >= 0.3 is 0 Å². The summed E-state index contributed by atoms with van der Waals surface area (Å²) in [7, 11) is -3.26. The fraction of sp³-hybridized carbons (Fsp3) is 0.143. The van der Waals surface area contributed by atoms with Crippen LogP contribution in [-0.2, 0) is 16.6 Å². The van der Waals surface area contributed by atoms with Crippen LogP contribution in [0.5, 0.6) is 0 Å². The van der Waals surface area contributed by atoms with Gasteiger partial charge in [0.1, 0.15) is 5.82 Å². The molecule has 0 radical (unpaired) electrons. The summed E-state index contributed by atoms with van der Waals surface area (Å²) in [4.78, 5) is 0. The summed E-state index contributed by atoms with van der Waals surface area (Å²) in [5.41, 5.74) is 2.33. The van der Waals surface area contributed by atoms with Crippen molar-refractivity contribution in [1.82, 2.24) is 0 Å². The Morgan fingerprint density at radius 3 is 2.05 bits per heavy atom. The van der Waals surface area contributed by atoms with Gasteiger partial charge in [-0.1, -0.05) is 12.1 Å². The average Bonchev–Trinajstić information content (AvgIpc) is 2.38. The summed E-state index contributed by atoms with van der Waals surface area (Å²) in [6.45, 7) is 0.569. The standard InChI is InChI=1S/C14H15FN2O2S/c1-20(18,19)17-14-8-6-13(7-9-14)16-10-11-2-4-12(15)5-3-11/h2-9,16-17H,10H2,1H3. The molecule has 0 aromatic heterocycles. The third kappa shape index (κ3) is 4.55. The predicted octanol–water partition coefficient (Wildman–Crippen LogP) is 2.81. The molecule has 0 aliphatic rings. The van der Waals surface area contributed by atoms with Crippen LogP contribution in [0.4, 0.5) is 15.8 Å². The molecule has 0 saturated heterocycles. The monoisotopic (exact) mass is 294 g/mol. The molecule has 0 aliphatic carbocycles. The maximum absolute atomic E-state index is 12.8. The number of anilines is 2. The SMILES string of the molecule is CS(=O)(=O)Nc1ccc(NCc2ccc(F)cc2)cc1. The van der Waals surface area contributed by atoms with Gasteiger partial charge in [0.15, 0.2) is 0 Å². The molecule has 2 aromatic rings. The molecule has 0 heterocycles. The molecule has 0 unspecified atom stereocenters. The van der Waals surface area contributed by atoms with Crippen molar-refractivity contribution in [3.8, 4) is 0 Å². The molecule has 0 bridgehead atoms. The van der Waals surface area contributed by atoms with Crippen LogP contribution < -0.4 is 10.0 Å². The number of halogens is 1. The van der Waals surface area contributed by atoms with E-state index in [0.29, 0.717) is 12.2 Å². The molecule has 2 N–H and O–H groups in total. The van der Waals surface area contributed by atoms with E-state index in [0.717, 1.165) is 17.5 Å². The van der Waals surface area contributed by atoms with E-state index >= 15 is 0 Å². The first kappa shape index (κ1) is 14.3. The lowest BCUT2D eigenvalue weighted by atomic mass is 10.2. The first-order valence-electron chi connectivity index (χ1n) is 5.98. The minimum Gasteiger partial charge on any atom is -0.381 e. The first-order valence-corrected chi connectivity index (χ1v) is 7.88. The van der Waals surface area contributed by atoms with Crippen molar-refractivity contribution in [2.24, 2.45) is 0 Å². The highest BCUT2D eigenvalue weighted by Gasteiger charge is 2.01. The first-order chi connectivity index (χ1) is 9.42. The topological polar surface area (TPSA) is 58.2 Å². The number of rotatable bonds is 5. The number of benzene rings is 2. The second-order valence-electron chi connectivity index (χ2n) is 4.43. The molecular weight excluding hydrogens is 279 g/mol. The van der Waals surface area contributed by atoms with E-state index in [1.807, 2.05) is 0 Å². The largest absolute Gasteiger partial charge is 0.381 e. The van der Waals surface area contributed by atoms with Gasteiger partial charge in [0.2, 0.25) is 10.0 Å². The van der Waals surface area contributed by atoms with Crippen molar-refractivity contribution < 1.29 is 12.8 Å². The van der Waals surface area contributed by atoms with E-state index in [9.17, 15) is 12.8 Å². The summed E-state index contributed by atoms with van der Waals surface area (Å²) >= 11 is 0. The zero-order valence-electron chi connectivity index (χ0n) is 10.9. The summed E-state index contributed by atoms with van der Waals surface area (Å²) in [5.74, 6) is -0.259. The van der Waals surface area contributed by atoms with Gasteiger partial charge in [-0.15, -0.1) is 0 Å². The second-order valence-corrected chi connectivity index (χ2v) is 6.18. The minimum atomic E-state index is -3.26. The smallest absolute Gasteiger partial charge is 0.229 e. The van der Waals surface area contributed by atoms with Crippen molar-refractivity contribution in [2.75, 3.05) is 16.3 Å². The molecule has 6 heteroatoms. The van der Waals surface area contributed by atoms with Crippen molar-refractivity contribution in [3.05, 3.63) is 59.9 Å². The normalized spacial score (nSPS) is 11.1. The lowest BCUT2D eigenvalue weighted by Gasteiger charge is -2.08. The molecular formula is C14H15FN2O2S. The van der Waals surface area contributed by atoms with Crippen molar-refractivity contribution >= 4 is 21.4 Å². The number of nitrogens with one attached hydrogen (secondary N) is 2. The maximum atomic E-state index is 12.8. The van der Waals surface area contributed by atoms with Crippen LogP contribution in [-0.4, -0.2) is 14.7 Å². The summed E-state index contributed by atoms with van der Waals surface area (Å²) in [6.07, 6.45) is 1.10. The highest BCUT2D eigenvalue weighted by atomic mass is 32.2. The zero-order chi connectivity index (χ0) is 14.6. The van der Waals surface area contributed by atoms with Gasteiger partial charge in [0.25, 0.3) is 0 Å². The van der Waals surface area contributed by atoms with Gasteiger partial charge in [-0.25, -0.2) is 12.8 Å². The van der Waals surface area contributed by atoms with Crippen LogP contribution in [0.2, 0.25) is 0 Å². The lowest BCUT2D eigenvalue weighted by Crippen LogP contribution is -2.09. The maximum Gasteiger partial charge on any atom is 0.229 e. The predicted molar refractivity (Wildman–Crippen MR) is 78.6 cm³/mol. The van der Waals surface area contributed by atoms with Gasteiger partial charge in [-0.3, -0.25) is 4.72 Å². The molecule has 2 aromatic carbocycles. The minimum absolute atomic E-state index is 0.259. The zero-order valence-corrected chi connectivity index (χ0v) is 11.7. The molecule has 20 heavy (non-hydrogen) atoms. The number of hydrogen-bond donors (Lipinski definition) is 2. The Hall–Kier alpha value is -2.08.